The van der Waals surface area contributed by atoms with Crippen LogP contribution in [0.2, 0.25) is 0 Å². The Bertz CT molecular complexity index is 2050. The number of aromatic carboxylic acids is 2. The standard InChI is InChI=1S/2C22H20N2O2.Ni/c2*1-15-7-11-17(12-8-15)23-21(24-18-13-9-16(2)10-14-18)19-5-3-4-6-20(19)22(25)26;/h2*3-14H,1-2H3,(H,23,24)(H,25,26);/q;;+2/p-2. The summed E-state index contributed by atoms with van der Waals surface area (Å²) in [6, 6.07) is 44.5. The molecule has 2 N–H and O–H groups in total. The number of carbonyl (C=O) groups excluding carboxylic acids is 2. The first-order valence-electron chi connectivity index (χ1n) is 16.7. The van der Waals surface area contributed by atoms with E-state index in [9.17, 15) is 19.8 Å². The summed E-state index contributed by atoms with van der Waals surface area (Å²) in [6.45, 7) is 8.03. The minimum absolute atomic E-state index is 0. The van der Waals surface area contributed by atoms with E-state index in [4.69, 9.17) is 0 Å². The van der Waals surface area contributed by atoms with Crippen molar-refractivity contribution in [2.45, 2.75) is 27.7 Å². The van der Waals surface area contributed by atoms with Gasteiger partial charge in [-0.25, -0.2) is 9.98 Å². The van der Waals surface area contributed by atoms with E-state index in [1.54, 1.807) is 36.4 Å². The Morgan fingerprint density at radius 2 is 0.679 bits per heavy atom. The molecule has 6 aromatic rings. The first-order valence-corrected chi connectivity index (χ1v) is 16.7. The van der Waals surface area contributed by atoms with Crippen LogP contribution in [0, 0.1) is 27.7 Å². The third kappa shape index (κ3) is 11.3. The molecule has 0 aliphatic rings. The summed E-state index contributed by atoms with van der Waals surface area (Å²) in [5, 5.41) is 29.5. The van der Waals surface area contributed by atoms with Crippen LogP contribution in [-0.2, 0) is 16.5 Å². The maximum absolute atomic E-state index is 11.5. The second-order valence-electron chi connectivity index (χ2n) is 12.2. The number of nitrogens with zero attached hydrogens (tertiary/aromatic N) is 2. The summed E-state index contributed by atoms with van der Waals surface area (Å²) < 4.78 is 0. The molecule has 0 fully saturated rings. The average Bonchev–Trinajstić information content (AvgIpc) is 3.15. The van der Waals surface area contributed by atoms with Gasteiger partial charge in [-0.1, -0.05) is 119 Å². The van der Waals surface area contributed by atoms with Crippen LogP contribution in [0.4, 0.5) is 22.7 Å². The molecule has 6 aromatic carbocycles. The molecule has 0 atom stereocenters. The molecule has 0 amide bonds. The molecule has 0 bridgehead atoms. The Morgan fingerprint density at radius 1 is 0.415 bits per heavy atom. The van der Waals surface area contributed by atoms with Gasteiger partial charge in [0.15, 0.2) is 0 Å². The van der Waals surface area contributed by atoms with Gasteiger partial charge in [0.25, 0.3) is 0 Å². The summed E-state index contributed by atoms with van der Waals surface area (Å²) in [5.41, 5.74) is 8.82. The van der Waals surface area contributed by atoms with Crippen molar-refractivity contribution in [3.63, 3.8) is 0 Å². The van der Waals surface area contributed by atoms with Gasteiger partial charge in [0.1, 0.15) is 11.7 Å². The monoisotopic (exact) mass is 744 g/mol. The normalized spacial score (nSPS) is 11.0. The van der Waals surface area contributed by atoms with E-state index in [1.165, 1.54) is 12.1 Å². The molecule has 6 rings (SSSR count). The number of hydrogen-bond acceptors (Lipinski definition) is 6. The number of carboxylic acids is 2. The number of amidine groups is 2. The predicted octanol–water partition coefficient (Wildman–Crippen LogP) is 7.71. The van der Waals surface area contributed by atoms with Crippen LogP contribution < -0.4 is 20.8 Å². The van der Waals surface area contributed by atoms with Crippen LogP contribution in [0.1, 0.15) is 54.1 Å². The molecule has 0 aliphatic carbocycles. The van der Waals surface area contributed by atoms with Gasteiger partial charge in [-0.3, -0.25) is 0 Å². The van der Waals surface area contributed by atoms with E-state index in [-0.39, 0.29) is 27.6 Å². The first-order chi connectivity index (χ1) is 25.0. The van der Waals surface area contributed by atoms with Gasteiger partial charge < -0.3 is 30.4 Å². The minimum atomic E-state index is -1.23. The van der Waals surface area contributed by atoms with Gasteiger partial charge in [-0.15, -0.1) is 0 Å². The van der Waals surface area contributed by atoms with Gasteiger partial charge >= 0.3 is 16.5 Å². The minimum Gasteiger partial charge on any atom is -0.545 e. The van der Waals surface area contributed by atoms with Crippen LogP contribution in [0.5, 0.6) is 0 Å². The fourth-order valence-electron chi connectivity index (χ4n) is 5.09. The predicted molar refractivity (Wildman–Crippen MR) is 206 cm³/mol. The zero-order chi connectivity index (χ0) is 37.0. The quantitative estimate of drug-likeness (QED) is 0.0934. The molecular weight excluding hydrogens is 707 g/mol. The molecule has 0 spiro atoms. The van der Waals surface area contributed by atoms with Crippen LogP contribution in [0.25, 0.3) is 0 Å². The van der Waals surface area contributed by atoms with Gasteiger partial charge in [0, 0.05) is 33.6 Å². The maximum atomic E-state index is 11.5. The molecule has 0 unspecified atom stereocenters. The Labute approximate surface area is 319 Å². The number of carbonyl (C=O) groups is 2. The number of rotatable bonds is 8. The SMILES string of the molecule is Cc1ccc(N=C(Nc2ccc(C)cc2)c2ccccc2C(=O)[O-])cc1.Cc1ccc(N=C(Nc2ccc(C)cc2)c2ccccc2C(=O)[O-])cc1.[Ni+2]. The van der Waals surface area contributed by atoms with E-state index in [0.29, 0.717) is 22.8 Å². The van der Waals surface area contributed by atoms with Crippen molar-refractivity contribution in [3.05, 3.63) is 190 Å². The Morgan fingerprint density at radius 3 is 0.962 bits per heavy atom. The zero-order valence-electron chi connectivity index (χ0n) is 29.7. The third-order valence-electron chi connectivity index (χ3n) is 7.98. The second kappa shape index (κ2) is 18.8. The van der Waals surface area contributed by atoms with Crippen molar-refractivity contribution in [1.82, 2.24) is 0 Å². The second-order valence-corrected chi connectivity index (χ2v) is 12.2. The van der Waals surface area contributed by atoms with Gasteiger partial charge in [-0.05, 0) is 76.2 Å². The van der Waals surface area contributed by atoms with E-state index < -0.39 is 11.9 Å². The molecule has 0 aliphatic heterocycles. The van der Waals surface area contributed by atoms with Crippen molar-refractivity contribution in [2.24, 2.45) is 9.98 Å². The van der Waals surface area contributed by atoms with Crippen molar-refractivity contribution >= 4 is 46.4 Å². The van der Waals surface area contributed by atoms with Crippen LogP contribution >= 0.6 is 0 Å². The first kappa shape index (κ1) is 39.5. The maximum Gasteiger partial charge on any atom is 2.00 e. The molecule has 0 heterocycles. The summed E-state index contributed by atoms with van der Waals surface area (Å²) in [5.74, 6) is -1.55. The summed E-state index contributed by atoms with van der Waals surface area (Å²) in [7, 11) is 0. The van der Waals surface area contributed by atoms with Crippen molar-refractivity contribution in [2.75, 3.05) is 10.6 Å². The molecule has 8 nitrogen and oxygen atoms in total. The number of aliphatic imine (C=N–C) groups is 2. The number of hydrogen-bond donors (Lipinski definition) is 2. The largest absolute Gasteiger partial charge is 2.00 e. The van der Waals surface area contributed by atoms with Gasteiger partial charge in [0.05, 0.1) is 23.3 Å². The van der Waals surface area contributed by atoms with Crippen LogP contribution in [0.15, 0.2) is 156 Å². The van der Waals surface area contributed by atoms with E-state index >= 15 is 0 Å². The fourth-order valence-corrected chi connectivity index (χ4v) is 5.09. The molecule has 268 valence electrons. The molecule has 53 heavy (non-hydrogen) atoms. The van der Waals surface area contributed by atoms with E-state index in [2.05, 4.69) is 20.6 Å². The number of benzene rings is 6. The molecule has 9 heteroatoms. The fraction of sp³-hybridized carbons (Fsp3) is 0.0909. The van der Waals surface area contributed by atoms with Gasteiger partial charge in [0.2, 0.25) is 0 Å². The Kier molecular flexibility index (Phi) is 14.0. The number of nitrogens with one attached hydrogen (secondary N) is 2. The number of anilines is 2. The molecular formula is C44H38N4NiO4. The van der Waals surface area contributed by atoms with E-state index in [0.717, 1.165) is 45.0 Å². The topological polar surface area (TPSA) is 129 Å². The molecule has 0 radical (unpaired) electrons. The molecule has 0 saturated heterocycles. The number of carboxylic acid groups (broad SMARTS) is 2. The molecule has 0 aromatic heterocycles. The molecule has 0 saturated carbocycles. The summed E-state index contributed by atoms with van der Waals surface area (Å²) in [6.07, 6.45) is 0. The smallest absolute Gasteiger partial charge is 0.545 e. The summed E-state index contributed by atoms with van der Waals surface area (Å²) >= 11 is 0. The van der Waals surface area contributed by atoms with Crippen molar-refractivity contribution in [3.8, 4) is 0 Å². The Hall–Kier alpha value is -6.31. The zero-order valence-corrected chi connectivity index (χ0v) is 30.7. The number of aryl methyl sites for hydroxylation is 4. The van der Waals surface area contributed by atoms with Crippen LogP contribution in [-0.4, -0.2) is 23.6 Å². The van der Waals surface area contributed by atoms with Crippen molar-refractivity contribution in [1.29, 1.82) is 0 Å². The third-order valence-corrected chi connectivity index (χ3v) is 7.98. The Balaban J connectivity index is 0.000000232. The van der Waals surface area contributed by atoms with Crippen molar-refractivity contribution < 1.29 is 36.3 Å². The average molecular weight is 746 g/mol. The van der Waals surface area contributed by atoms with E-state index in [1.807, 2.05) is 125 Å². The van der Waals surface area contributed by atoms with Gasteiger partial charge in [-0.2, -0.15) is 0 Å². The van der Waals surface area contributed by atoms with Crippen LogP contribution in [0.3, 0.4) is 0 Å². The summed E-state index contributed by atoms with van der Waals surface area (Å²) in [4.78, 5) is 32.3.